The van der Waals surface area contributed by atoms with Crippen LogP contribution < -0.4 is 0 Å². The molecule has 0 aromatic heterocycles. The van der Waals surface area contributed by atoms with E-state index in [1.807, 2.05) is 6.92 Å². The highest BCUT2D eigenvalue weighted by Gasteiger charge is 2.16. The fourth-order valence-corrected chi connectivity index (χ4v) is 2.70. The molecule has 0 aliphatic rings. The lowest BCUT2D eigenvalue weighted by molar-refractivity contribution is 0.310. The first-order valence-corrected chi connectivity index (χ1v) is 10.2. The monoisotopic (exact) mass is 375 g/mol. The molecule has 0 amide bonds. The molecule has 0 aliphatic carbocycles. The van der Waals surface area contributed by atoms with Gasteiger partial charge in [-0.2, -0.15) is 8.42 Å². The lowest BCUT2D eigenvalue weighted by Gasteiger charge is -2.06. The fourth-order valence-electron chi connectivity index (χ4n) is 1.21. The van der Waals surface area contributed by atoms with Gasteiger partial charge >= 0.3 is 15.9 Å². The largest absolute Gasteiger partial charge is 0.692 e. The predicted molar refractivity (Wildman–Crippen MR) is 77.9 cm³/mol. The summed E-state index contributed by atoms with van der Waals surface area (Å²) in [5, 5.41) is 0. The number of aryl methyl sites for hydroxylation is 1. The summed E-state index contributed by atoms with van der Waals surface area (Å²) in [7, 11) is -10.8. The second kappa shape index (κ2) is 9.44. The van der Waals surface area contributed by atoms with E-state index in [9.17, 15) is 13.0 Å². The number of rotatable bonds is 6. The van der Waals surface area contributed by atoms with Crippen molar-refractivity contribution in [1.29, 1.82) is 0 Å². The van der Waals surface area contributed by atoms with Crippen LogP contribution in [0.25, 0.3) is 0 Å². The first-order valence-electron chi connectivity index (χ1n) is 5.80. The second-order valence-electron chi connectivity index (χ2n) is 4.08. The zero-order valence-corrected chi connectivity index (χ0v) is 14.2. The number of benzene rings is 1. The molecule has 0 spiro atoms. The maximum absolute atomic E-state index is 11.7. The molecule has 0 radical (unpaired) electrons. The third kappa shape index (κ3) is 10.9. The molecule has 0 atom stereocenters. The SMILES string of the molecule is Cc1ccc(S(=O)(=O)OCCCP(=O)(O)O)cc1.O=[P+](O)O. The summed E-state index contributed by atoms with van der Waals surface area (Å²) >= 11 is 0. The van der Waals surface area contributed by atoms with Gasteiger partial charge in [0, 0.05) is 4.57 Å². The molecule has 1 aromatic carbocycles. The zero-order valence-electron chi connectivity index (χ0n) is 11.6. The molecular formula is C10H17O9P2S+. The minimum atomic E-state index is -4.10. The summed E-state index contributed by atoms with van der Waals surface area (Å²) in [5.74, 6) is 0. The quantitative estimate of drug-likeness (QED) is 0.322. The summed E-state index contributed by atoms with van der Waals surface area (Å²) in [6.07, 6.45) is -0.411. The Morgan fingerprint density at radius 2 is 1.64 bits per heavy atom. The highest BCUT2D eigenvalue weighted by molar-refractivity contribution is 7.86. The zero-order chi connectivity index (χ0) is 17.4. The van der Waals surface area contributed by atoms with E-state index in [1.54, 1.807) is 12.1 Å². The van der Waals surface area contributed by atoms with Gasteiger partial charge in [0.2, 0.25) is 0 Å². The fraction of sp³-hybridized carbons (Fsp3) is 0.400. The van der Waals surface area contributed by atoms with Crippen molar-refractivity contribution in [3.8, 4) is 0 Å². The van der Waals surface area contributed by atoms with Crippen LogP contribution in [0.3, 0.4) is 0 Å². The molecule has 9 nitrogen and oxygen atoms in total. The Bertz CT molecular complexity index is 616. The van der Waals surface area contributed by atoms with Crippen molar-refractivity contribution in [3.63, 3.8) is 0 Å². The van der Waals surface area contributed by atoms with E-state index in [2.05, 4.69) is 4.18 Å². The Morgan fingerprint density at radius 3 is 2.05 bits per heavy atom. The molecule has 126 valence electrons. The van der Waals surface area contributed by atoms with Crippen molar-refractivity contribution in [3.05, 3.63) is 29.8 Å². The van der Waals surface area contributed by atoms with Crippen molar-refractivity contribution >= 4 is 26.0 Å². The molecule has 0 unspecified atom stereocenters. The van der Waals surface area contributed by atoms with E-state index < -0.39 is 32.1 Å². The van der Waals surface area contributed by atoms with Crippen molar-refractivity contribution in [2.75, 3.05) is 12.8 Å². The summed E-state index contributed by atoms with van der Waals surface area (Å²) in [5.41, 5.74) is 0.926. The molecule has 0 saturated heterocycles. The molecule has 4 N–H and O–H groups in total. The predicted octanol–water partition coefficient (Wildman–Crippen LogP) is 0.897. The lowest BCUT2D eigenvalue weighted by atomic mass is 10.2. The van der Waals surface area contributed by atoms with Gasteiger partial charge in [0.15, 0.2) is 0 Å². The van der Waals surface area contributed by atoms with Crippen LogP contribution in [0.1, 0.15) is 12.0 Å². The standard InChI is InChI=1S/C10H15O6PS.HO3P/c1-9-3-5-10(6-4-9)18(14,15)16-7-2-8-17(11,12)13;1-4(2)3/h3-6H,2,7-8H2,1H3,(H2,11,12,13);(H-,1,2,3)/p+1. The van der Waals surface area contributed by atoms with Gasteiger partial charge in [0.1, 0.15) is 0 Å². The van der Waals surface area contributed by atoms with Crippen LogP contribution in [0.5, 0.6) is 0 Å². The van der Waals surface area contributed by atoms with E-state index in [0.29, 0.717) is 0 Å². The highest BCUT2D eigenvalue weighted by Crippen LogP contribution is 2.34. The van der Waals surface area contributed by atoms with Crippen molar-refractivity contribution in [1.82, 2.24) is 0 Å². The van der Waals surface area contributed by atoms with Gasteiger partial charge in [-0.15, -0.1) is 9.79 Å². The molecule has 1 rings (SSSR count). The van der Waals surface area contributed by atoms with Crippen LogP contribution in [0.15, 0.2) is 29.2 Å². The van der Waals surface area contributed by atoms with Gasteiger partial charge in [0.05, 0.1) is 17.7 Å². The van der Waals surface area contributed by atoms with E-state index in [-0.39, 0.29) is 17.9 Å². The molecule has 0 heterocycles. The summed E-state index contributed by atoms with van der Waals surface area (Å²) < 4.78 is 47.2. The normalized spacial score (nSPS) is 11.5. The minimum absolute atomic E-state index is 0.0185. The van der Waals surface area contributed by atoms with E-state index in [4.69, 9.17) is 24.1 Å². The highest BCUT2D eigenvalue weighted by atomic mass is 32.2. The van der Waals surface area contributed by atoms with Crippen LogP contribution in [0.2, 0.25) is 0 Å². The molecule has 0 saturated carbocycles. The van der Waals surface area contributed by atoms with Crippen LogP contribution in [0, 0.1) is 6.92 Å². The molecule has 0 bridgehead atoms. The first-order chi connectivity index (χ1) is 9.94. The minimum Gasteiger partial charge on any atom is -0.324 e. The summed E-state index contributed by atoms with van der Waals surface area (Å²) in [4.78, 5) is 31.5. The van der Waals surface area contributed by atoms with E-state index in [0.717, 1.165) is 5.56 Å². The van der Waals surface area contributed by atoms with Crippen LogP contribution >= 0.6 is 15.9 Å². The lowest BCUT2D eigenvalue weighted by Crippen LogP contribution is -2.08. The average Bonchev–Trinajstić information content (AvgIpc) is 2.33. The average molecular weight is 375 g/mol. The van der Waals surface area contributed by atoms with Gasteiger partial charge in [-0.25, -0.2) is 0 Å². The van der Waals surface area contributed by atoms with Crippen LogP contribution in [0.4, 0.5) is 0 Å². The van der Waals surface area contributed by atoms with Crippen molar-refractivity contribution in [2.24, 2.45) is 0 Å². The Hall–Kier alpha value is -0.700. The Balaban J connectivity index is 0.000000980. The summed E-state index contributed by atoms with van der Waals surface area (Å²) in [6.45, 7) is 1.58. The van der Waals surface area contributed by atoms with E-state index >= 15 is 0 Å². The molecular weight excluding hydrogens is 358 g/mol. The van der Waals surface area contributed by atoms with Gasteiger partial charge in [-0.1, -0.05) is 17.7 Å². The van der Waals surface area contributed by atoms with Gasteiger partial charge < -0.3 is 9.79 Å². The third-order valence-corrected chi connectivity index (χ3v) is 4.37. The Morgan fingerprint density at radius 1 is 1.18 bits per heavy atom. The van der Waals surface area contributed by atoms with Gasteiger partial charge in [0.25, 0.3) is 10.1 Å². The molecule has 0 aliphatic heterocycles. The first kappa shape index (κ1) is 21.3. The maximum atomic E-state index is 11.7. The Labute approximate surface area is 128 Å². The topological polar surface area (TPSA) is 158 Å². The maximum Gasteiger partial charge on any atom is 0.692 e. The van der Waals surface area contributed by atoms with Crippen LogP contribution in [-0.2, 0) is 23.4 Å². The Kier molecular flexibility index (Phi) is 9.14. The van der Waals surface area contributed by atoms with Crippen molar-refractivity contribution < 1.29 is 41.3 Å². The second-order valence-corrected chi connectivity index (χ2v) is 7.98. The summed E-state index contributed by atoms with van der Waals surface area (Å²) in [6, 6.07) is 6.14. The third-order valence-electron chi connectivity index (χ3n) is 2.14. The molecule has 1 aromatic rings. The molecule has 22 heavy (non-hydrogen) atoms. The van der Waals surface area contributed by atoms with Crippen LogP contribution in [-0.4, -0.2) is 40.8 Å². The van der Waals surface area contributed by atoms with Gasteiger partial charge in [-0.3, -0.25) is 8.75 Å². The smallest absolute Gasteiger partial charge is 0.324 e. The van der Waals surface area contributed by atoms with Gasteiger partial charge in [-0.05, 0) is 25.5 Å². The molecule has 0 fully saturated rings. The number of hydrogen-bond acceptors (Lipinski definition) is 5. The van der Waals surface area contributed by atoms with E-state index in [1.165, 1.54) is 12.1 Å². The van der Waals surface area contributed by atoms with Crippen molar-refractivity contribution in [2.45, 2.75) is 18.2 Å². The number of hydrogen-bond donors (Lipinski definition) is 4. The molecule has 12 heteroatoms.